The molecule has 27 heavy (non-hydrogen) atoms. The normalized spacial score (nSPS) is 13.4. The molecular weight excluding hydrogens is 362 g/mol. The summed E-state index contributed by atoms with van der Waals surface area (Å²) in [5.74, 6) is -0.218. The molecule has 0 saturated carbocycles. The van der Waals surface area contributed by atoms with Crippen molar-refractivity contribution in [2.45, 2.75) is 19.4 Å². The zero-order valence-electron chi connectivity index (χ0n) is 14.8. The highest BCUT2D eigenvalue weighted by atomic mass is 35.5. The fraction of sp³-hybridized carbons (Fsp3) is 0.238. The van der Waals surface area contributed by atoms with Crippen LogP contribution in [0, 0.1) is 0 Å². The largest absolute Gasteiger partial charge is 0.358 e. The van der Waals surface area contributed by atoms with Crippen LogP contribution in [0.4, 0.5) is 0 Å². The molecule has 6 heteroatoms. The monoisotopic (exact) mass is 381 g/mol. The van der Waals surface area contributed by atoms with Crippen LogP contribution in [0.15, 0.2) is 48.5 Å². The van der Waals surface area contributed by atoms with Gasteiger partial charge in [0.1, 0.15) is 0 Å². The third-order valence-corrected chi connectivity index (χ3v) is 5.17. The van der Waals surface area contributed by atoms with Gasteiger partial charge in [0, 0.05) is 46.7 Å². The summed E-state index contributed by atoms with van der Waals surface area (Å²) < 4.78 is 0. The zero-order chi connectivity index (χ0) is 18.8. The number of benzene rings is 2. The lowest BCUT2D eigenvalue weighted by Crippen LogP contribution is -2.42. The molecule has 0 unspecified atom stereocenters. The van der Waals surface area contributed by atoms with Crippen molar-refractivity contribution in [2.75, 3.05) is 13.1 Å². The van der Waals surface area contributed by atoms with Crippen LogP contribution in [-0.4, -0.2) is 34.8 Å². The van der Waals surface area contributed by atoms with Crippen LogP contribution >= 0.6 is 11.6 Å². The number of halogens is 1. The second-order valence-corrected chi connectivity index (χ2v) is 7.21. The second kappa shape index (κ2) is 7.45. The second-order valence-electron chi connectivity index (χ2n) is 6.78. The van der Waals surface area contributed by atoms with Crippen LogP contribution in [0.25, 0.3) is 10.9 Å². The molecule has 0 bridgehead atoms. The summed E-state index contributed by atoms with van der Waals surface area (Å²) in [4.78, 5) is 29.8. The SMILES string of the molecule is O=C(Cc1ccccc1)NCC(=O)N1CCc2[nH]c3ccc(Cl)cc3c2C1. The number of carbonyl (C=O) groups excluding carboxylic acids is 2. The van der Waals surface area contributed by atoms with Crippen LogP contribution in [0.2, 0.25) is 5.02 Å². The Balaban J connectivity index is 1.38. The van der Waals surface area contributed by atoms with Gasteiger partial charge in [0.05, 0.1) is 13.0 Å². The van der Waals surface area contributed by atoms with E-state index in [1.54, 1.807) is 4.90 Å². The molecule has 0 fully saturated rings. The van der Waals surface area contributed by atoms with Gasteiger partial charge in [-0.25, -0.2) is 0 Å². The third kappa shape index (κ3) is 3.83. The lowest BCUT2D eigenvalue weighted by Gasteiger charge is -2.27. The molecule has 2 heterocycles. The minimum Gasteiger partial charge on any atom is -0.358 e. The number of amides is 2. The summed E-state index contributed by atoms with van der Waals surface area (Å²) in [6.45, 7) is 1.19. The Labute approximate surface area is 162 Å². The lowest BCUT2D eigenvalue weighted by molar-refractivity contribution is -0.133. The summed E-state index contributed by atoms with van der Waals surface area (Å²) in [6, 6.07) is 15.3. The number of H-pyrrole nitrogens is 1. The number of hydrogen-bond donors (Lipinski definition) is 2. The van der Waals surface area contributed by atoms with Gasteiger partial charge in [-0.05, 0) is 23.8 Å². The average molecular weight is 382 g/mol. The molecule has 4 rings (SSSR count). The summed E-state index contributed by atoms with van der Waals surface area (Å²) in [6.07, 6.45) is 1.05. The van der Waals surface area contributed by atoms with Crippen molar-refractivity contribution in [1.82, 2.24) is 15.2 Å². The van der Waals surface area contributed by atoms with Gasteiger partial charge in [-0.15, -0.1) is 0 Å². The van der Waals surface area contributed by atoms with Gasteiger partial charge in [0.25, 0.3) is 0 Å². The number of fused-ring (bicyclic) bond motifs is 3. The van der Waals surface area contributed by atoms with E-state index in [0.29, 0.717) is 18.1 Å². The van der Waals surface area contributed by atoms with Crippen molar-refractivity contribution in [1.29, 1.82) is 0 Å². The third-order valence-electron chi connectivity index (χ3n) is 4.93. The predicted molar refractivity (Wildman–Crippen MR) is 106 cm³/mol. The molecule has 0 aliphatic carbocycles. The van der Waals surface area contributed by atoms with Gasteiger partial charge in [-0.2, -0.15) is 0 Å². The number of aromatic amines is 1. The number of hydrogen-bond acceptors (Lipinski definition) is 2. The van der Waals surface area contributed by atoms with Gasteiger partial charge in [-0.3, -0.25) is 9.59 Å². The first kappa shape index (κ1) is 17.6. The molecule has 2 aromatic carbocycles. The summed E-state index contributed by atoms with van der Waals surface area (Å²) in [5, 5.41) is 4.47. The number of nitrogens with one attached hydrogen (secondary N) is 2. The molecule has 1 aromatic heterocycles. The summed E-state index contributed by atoms with van der Waals surface area (Å²) >= 11 is 6.13. The summed E-state index contributed by atoms with van der Waals surface area (Å²) in [5.41, 5.74) is 4.24. The van der Waals surface area contributed by atoms with Gasteiger partial charge < -0.3 is 15.2 Å². The maximum absolute atomic E-state index is 12.6. The van der Waals surface area contributed by atoms with E-state index in [1.807, 2.05) is 48.5 Å². The quantitative estimate of drug-likeness (QED) is 0.729. The van der Waals surface area contributed by atoms with Crippen LogP contribution in [0.1, 0.15) is 16.8 Å². The minimum atomic E-state index is -0.147. The van der Waals surface area contributed by atoms with Crippen molar-refractivity contribution in [3.05, 3.63) is 70.4 Å². The molecule has 138 valence electrons. The Morgan fingerprint density at radius 2 is 1.96 bits per heavy atom. The molecule has 2 N–H and O–H groups in total. The predicted octanol–water partition coefficient (Wildman–Crippen LogP) is 3.06. The lowest BCUT2D eigenvalue weighted by atomic mass is 10.0. The van der Waals surface area contributed by atoms with Crippen LogP contribution in [0.5, 0.6) is 0 Å². The van der Waals surface area contributed by atoms with E-state index < -0.39 is 0 Å². The Bertz CT molecular complexity index is 997. The number of nitrogens with zero attached hydrogens (tertiary/aromatic N) is 1. The molecule has 0 saturated heterocycles. The van der Waals surface area contributed by atoms with Gasteiger partial charge >= 0.3 is 0 Å². The molecular formula is C21H20ClN3O2. The maximum atomic E-state index is 12.6. The molecule has 5 nitrogen and oxygen atoms in total. The highest BCUT2D eigenvalue weighted by Gasteiger charge is 2.24. The fourth-order valence-corrected chi connectivity index (χ4v) is 3.70. The Morgan fingerprint density at radius 3 is 2.78 bits per heavy atom. The van der Waals surface area contributed by atoms with E-state index in [-0.39, 0.29) is 24.8 Å². The van der Waals surface area contributed by atoms with E-state index in [1.165, 1.54) is 0 Å². The average Bonchev–Trinajstić information content (AvgIpc) is 3.04. The standard InChI is InChI=1S/C21H20ClN3O2/c22-15-6-7-18-16(11-15)17-13-25(9-8-19(17)24-18)21(27)12-23-20(26)10-14-4-2-1-3-5-14/h1-7,11,24H,8-10,12-13H2,(H,23,26). The molecule has 0 spiro atoms. The number of carbonyl (C=O) groups is 2. The van der Waals surface area contributed by atoms with Crippen molar-refractivity contribution in [3.8, 4) is 0 Å². The molecule has 0 atom stereocenters. The van der Waals surface area contributed by atoms with E-state index in [2.05, 4.69) is 10.3 Å². The topological polar surface area (TPSA) is 65.2 Å². The first-order valence-corrected chi connectivity index (χ1v) is 9.35. The molecule has 2 amide bonds. The van der Waals surface area contributed by atoms with Gasteiger partial charge in [0.15, 0.2) is 0 Å². The number of rotatable bonds is 4. The van der Waals surface area contributed by atoms with E-state index >= 15 is 0 Å². The molecule has 1 aliphatic heterocycles. The van der Waals surface area contributed by atoms with Crippen molar-refractivity contribution in [3.63, 3.8) is 0 Å². The Morgan fingerprint density at radius 1 is 1.15 bits per heavy atom. The molecule has 0 radical (unpaired) electrons. The first-order valence-electron chi connectivity index (χ1n) is 8.97. The number of aromatic nitrogens is 1. The maximum Gasteiger partial charge on any atom is 0.242 e. The van der Waals surface area contributed by atoms with Crippen molar-refractivity contribution in [2.24, 2.45) is 0 Å². The smallest absolute Gasteiger partial charge is 0.242 e. The minimum absolute atomic E-state index is 0.0180. The van der Waals surface area contributed by atoms with E-state index in [0.717, 1.165) is 34.1 Å². The highest BCUT2D eigenvalue weighted by molar-refractivity contribution is 6.31. The van der Waals surface area contributed by atoms with Crippen LogP contribution < -0.4 is 5.32 Å². The molecule has 3 aromatic rings. The van der Waals surface area contributed by atoms with E-state index in [4.69, 9.17) is 11.6 Å². The van der Waals surface area contributed by atoms with Crippen molar-refractivity contribution >= 4 is 34.3 Å². The fourth-order valence-electron chi connectivity index (χ4n) is 3.53. The van der Waals surface area contributed by atoms with E-state index in [9.17, 15) is 9.59 Å². The Hall–Kier alpha value is -2.79. The van der Waals surface area contributed by atoms with Crippen LogP contribution in [0.3, 0.4) is 0 Å². The Kier molecular flexibility index (Phi) is 4.86. The summed E-state index contributed by atoms with van der Waals surface area (Å²) in [7, 11) is 0. The van der Waals surface area contributed by atoms with Gasteiger partial charge in [-0.1, -0.05) is 41.9 Å². The zero-order valence-corrected chi connectivity index (χ0v) is 15.6. The van der Waals surface area contributed by atoms with Crippen molar-refractivity contribution < 1.29 is 9.59 Å². The molecule has 1 aliphatic rings. The first-order chi connectivity index (χ1) is 13.1. The van der Waals surface area contributed by atoms with Gasteiger partial charge in [0.2, 0.25) is 11.8 Å². The highest BCUT2D eigenvalue weighted by Crippen LogP contribution is 2.29. The van der Waals surface area contributed by atoms with Crippen LogP contribution in [-0.2, 0) is 29.0 Å².